The van der Waals surface area contributed by atoms with Gasteiger partial charge in [0.15, 0.2) is 0 Å². The van der Waals surface area contributed by atoms with Crippen LogP contribution in [0.1, 0.15) is 152 Å². The first-order valence-corrected chi connectivity index (χ1v) is 18.8. The van der Waals surface area contributed by atoms with Gasteiger partial charge in [-0.2, -0.15) is 0 Å². The van der Waals surface area contributed by atoms with Crippen LogP contribution in [0.4, 0.5) is 0 Å². The summed E-state index contributed by atoms with van der Waals surface area (Å²) in [5.41, 5.74) is 0.765. The highest BCUT2D eigenvalue weighted by Gasteiger charge is 2.67. The summed E-state index contributed by atoms with van der Waals surface area (Å²) in [6.45, 7) is 21.2. The first-order valence-electron chi connectivity index (χ1n) is 18.8. The quantitative estimate of drug-likeness (QED) is 0.210. The Labute approximate surface area is 285 Å². The van der Waals surface area contributed by atoms with Gasteiger partial charge in [0.25, 0.3) is 0 Å². The Morgan fingerprint density at radius 3 is 1.74 bits per heavy atom. The molecule has 4 aliphatic carbocycles. The van der Waals surface area contributed by atoms with Crippen molar-refractivity contribution in [2.75, 3.05) is 13.7 Å². The molecule has 2 heterocycles. The highest BCUT2D eigenvalue weighted by molar-refractivity contribution is 5.71. The van der Waals surface area contributed by atoms with Crippen molar-refractivity contribution in [3.8, 4) is 0 Å². The number of ether oxygens (including phenoxy) is 4. The molecule has 0 radical (unpaired) electrons. The molecule has 6 aliphatic rings. The molecule has 0 amide bonds. The van der Waals surface area contributed by atoms with E-state index in [0.29, 0.717) is 11.8 Å². The molecule has 4 fully saturated rings. The predicted octanol–water partition coefficient (Wildman–Crippen LogP) is 9.44. The molecule has 6 nitrogen and oxygen atoms in total. The average Bonchev–Trinajstić information content (AvgIpc) is 3.51. The topological polar surface area (TPSA) is 71.1 Å². The van der Waals surface area contributed by atoms with Crippen LogP contribution in [0.2, 0.25) is 0 Å². The fraction of sp³-hybridized carbons (Fsp3) is 0.854. The third kappa shape index (κ3) is 5.40. The number of rotatable bonds is 6. The van der Waals surface area contributed by atoms with Crippen molar-refractivity contribution in [2.24, 2.45) is 33.5 Å². The number of allylic oxidation sites excluding steroid dienone is 2. The van der Waals surface area contributed by atoms with E-state index in [1.807, 2.05) is 0 Å². The van der Waals surface area contributed by atoms with Gasteiger partial charge in [0.2, 0.25) is 0 Å². The lowest BCUT2D eigenvalue weighted by atomic mass is 9.46. The van der Waals surface area contributed by atoms with Gasteiger partial charge >= 0.3 is 11.9 Å². The van der Waals surface area contributed by atoms with E-state index >= 15 is 0 Å². The van der Waals surface area contributed by atoms with Gasteiger partial charge in [-0.15, -0.1) is 0 Å². The van der Waals surface area contributed by atoms with Crippen LogP contribution in [-0.4, -0.2) is 48.1 Å². The smallest absolute Gasteiger partial charge is 0.309 e. The second kappa shape index (κ2) is 11.4. The van der Waals surface area contributed by atoms with Crippen molar-refractivity contribution < 1.29 is 28.5 Å². The van der Waals surface area contributed by atoms with E-state index < -0.39 is 16.8 Å². The maximum atomic E-state index is 13.8. The molecule has 8 atom stereocenters. The van der Waals surface area contributed by atoms with Crippen LogP contribution in [0.15, 0.2) is 23.3 Å². The van der Waals surface area contributed by atoms with Gasteiger partial charge in [0, 0.05) is 10.8 Å². The zero-order valence-electron chi connectivity index (χ0n) is 31.4. The third-order valence-electron chi connectivity index (χ3n) is 15.2. The summed E-state index contributed by atoms with van der Waals surface area (Å²) in [6.07, 6.45) is 17.8. The fourth-order valence-electron chi connectivity index (χ4n) is 12.6. The monoisotopic (exact) mass is 652 g/mol. The van der Waals surface area contributed by atoms with E-state index in [0.717, 1.165) is 56.9 Å². The summed E-state index contributed by atoms with van der Waals surface area (Å²) in [5, 5.41) is 0. The molecule has 2 saturated heterocycles. The second-order valence-corrected chi connectivity index (χ2v) is 19.1. The van der Waals surface area contributed by atoms with E-state index in [1.165, 1.54) is 38.4 Å². The Balaban J connectivity index is 1.21. The Bertz CT molecular complexity index is 1340. The lowest BCUT2D eigenvalue weighted by Gasteiger charge is -2.61. The molecule has 47 heavy (non-hydrogen) atoms. The van der Waals surface area contributed by atoms with E-state index in [-0.39, 0.29) is 58.6 Å². The summed E-state index contributed by atoms with van der Waals surface area (Å²) >= 11 is 0. The normalized spacial score (nSPS) is 45.1. The summed E-state index contributed by atoms with van der Waals surface area (Å²) in [6, 6.07) is 0. The van der Waals surface area contributed by atoms with Gasteiger partial charge in [-0.25, -0.2) is 0 Å². The van der Waals surface area contributed by atoms with Crippen molar-refractivity contribution >= 4 is 11.9 Å². The minimum absolute atomic E-state index is 0.0605. The zero-order chi connectivity index (χ0) is 34.3. The standard InChI is InChI=1S/C41H64O6/c1-28-13-15-30-34(2,3)17-11-19-38(30,8)40(28)23-21-37(7,46-40)26-33(43)45-27-29-14-16-31-35(4,5)18-12-20-39(31,9)41(29)24-22-36(6,47-41)25-32(42)44-10/h13-14,30-31H,11-12,15-27H2,1-10H3/t30-,31+,36-,37-,38-,39+,40+,41-/m1/s1. The van der Waals surface area contributed by atoms with Crippen LogP contribution >= 0.6 is 0 Å². The summed E-state index contributed by atoms with van der Waals surface area (Å²) in [5.74, 6) is 0.579. The highest BCUT2D eigenvalue weighted by atomic mass is 16.6. The SMILES string of the molecule is COC(=O)C[C@@]1(C)CC[C@@]2(O1)C(COC(=O)C[C@@]1(C)CC[C@]3(O1)C(C)=CC[C@@H]1C(C)(C)CCC[C@]13C)=CC[C@H]1C(C)(C)CCC[C@@]12C. The minimum Gasteiger partial charge on any atom is -0.469 e. The lowest BCUT2D eigenvalue weighted by molar-refractivity contribution is -0.199. The van der Waals surface area contributed by atoms with Crippen LogP contribution in [0, 0.1) is 33.5 Å². The van der Waals surface area contributed by atoms with Crippen LogP contribution in [0.3, 0.4) is 0 Å². The Kier molecular flexibility index (Phi) is 8.56. The zero-order valence-corrected chi connectivity index (χ0v) is 31.4. The van der Waals surface area contributed by atoms with Crippen LogP contribution in [0.25, 0.3) is 0 Å². The number of methoxy groups -OCH3 is 1. The number of hydrogen-bond acceptors (Lipinski definition) is 6. The summed E-state index contributed by atoms with van der Waals surface area (Å²) in [4.78, 5) is 26.3. The first kappa shape index (κ1) is 35.2. The van der Waals surface area contributed by atoms with Gasteiger partial charge < -0.3 is 18.9 Å². The van der Waals surface area contributed by atoms with E-state index in [2.05, 4.69) is 74.5 Å². The third-order valence-corrected chi connectivity index (χ3v) is 15.2. The number of carbonyl (C=O) groups is 2. The lowest BCUT2D eigenvalue weighted by Crippen LogP contribution is -2.60. The van der Waals surface area contributed by atoms with Crippen molar-refractivity contribution in [3.05, 3.63) is 23.3 Å². The number of esters is 2. The molecule has 2 aliphatic heterocycles. The fourth-order valence-corrected chi connectivity index (χ4v) is 12.6. The van der Waals surface area contributed by atoms with Crippen LogP contribution in [0.5, 0.6) is 0 Å². The summed E-state index contributed by atoms with van der Waals surface area (Å²) < 4.78 is 25.7. The molecule has 0 unspecified atom stereocenters. The number of hydrogen-bond donors (Lipinski definition) is 0. The molecular weight excluding hydrogens is 588 g/mol. The summed E-state index contributed by atoms with van der Waals surface area (Å²) in [7, 11) is 1.44. The molecule has 0 aromatic carbocycles. The molecular formula is C41H64O6. The maximum Gasteiger partial charge on any atom is 0.309 e. The van der Waals surface area contributed by atoms with Gasteiger partial charge in [0.05, 0.1) is 42.4 Å². The molecule has 0 aromatic rings. The molecule has 0 bridgehead atoms. The molecule has 2 saturated carbocycles. The van der Waals surface area contributed by atoms with E-state index in [4.69, 9.17) is 18.9 Å². The van der Waals surface area contributed by atoms with Crippen molar-refractivity contribution in [1.82, 2.24) is 0 Å². The van der Waals surface area contributed by atoms with E-state index in [9.17, 15) is 9.59 Å². The molecule has 6 heteroatoms. The Hall–Kier alpha value is -1.66. The highest BCUT2D eigenvalue weighted by Crippen LogP contribution is 2.68. The van der Waals surface area contributed by atoms with E-state index in [1.54, 1.807) is 0 Å². The first-order chi connectivity index (χ1) is 21.8. The number of fused-ring (bicyclic) bond motifs is 4. The van der Waals surface area contributed by atoms with Gasteiger partial charge in [0.1, 0.15) is 6.61 Å². The Morgan fingerprint density at radius 2 is 1.17 bits per heavy atom. The molecule has 0 N–H and O–H groups in total. The molecule has 264 valence electrons. The second-order valence-electron chi connectivity index (χ2n) is 19.1. The molecule has 6 rings (SSSR count). The van der Waals surface area contributed by atoms with Gasteiger partial charge in [-0.1, -0.05) is 66.5 Å². The van der Waals surface area contributed by atoms with Crippen LogP contribution < -0.4 is 0 Å². The molecule has 2 spiro atoms. The van der Waals surface area contributed by atoms with Crippen molar-refractivity contribution in [2.45, 2.75) is 175 Å². The maximum absolute atomic E-state index is 13.8. The predicted molar refractivity (Wildman–Crippen MR) is 185 cm³/mol. The van der Waals surface area contributed by atoms with Crippen LogP contribution in [-0.2, 0) is 28.5 Å². The largest absolute Gasteiger partial charge is 0.469 e. The van der Waals surface area contributed by atoms with Gasteiger partial charge in [-0.05, 0) is 119 Å². The Morgan fingerprint density at radius 1 is 0.681 bits per heavy atom. The van der Waals surface area contributed by atoms with Gasteiger partial charge in [-0.3, -0.25) is 9.59 Å². The van der Waals surface area contributed by atoms with Crippen molar-refractivity contribution in [1.29, 1.82) is 0 Å². The average molecular weight is 653 g/mol. The van der Waals surface area contributed by atoms with Crippen molar-refractivity contribution in [3.63, 3.8) is 0 Å². The number of carbonyl (C=O) groups excluding carboxylic acids is 2. The molecule has 0 aromatic heterocycles. The minimum atomic E-state index is -0.616.